The van der Waals surface area contributed by atoms with Crippen molar-refractivity contribution in [3.05, 3.63) is 29.8 Å². The zero-order chi connectivity index (χ0) is 16.5. The van der Waals surface area contributed by atoms with Gasteiger partial charge in [0.1, 0.15) is 0 Å². The first-order chi connectivity index (χ1) is 11.2. The zero-order valence-corrected chi connectivity index (χ0v) is 14.3. The van der Waals surface area contributed by atoms with E-state index in [1.807, 2.05) is 12.1 Å². The number of aliphatic hydroxyl groups is 1. The Morgan fingerprint density at radius 2 is 1.87 bits per heavy atom. The number of anilines is 1. The van der Waals surface area contributed by atoms with Crippen LogP contribution >= 0.6 is 0 Å². The van der Waals surface area contributed by atoms with Gasteiger partial charge in [0.05, 0.1) is 0 Å². The van der Waals surface area contributed by atoms with Crippen molar-refractivity contribution in [1.29, 1.82) is 0 Å². The summed E-state index contributed by atoms with van der Waals surface area (Å²) < 4.78 is 0. The molecule has 2 N–H and O–H groups in total. The van der Waals surface area contributed by atoms with Crippen molar-refractivity contribution in [2.24, 2.45) is 5.92 Å². The highest BCUT2D eigenvalue weighted by Crippen LogP contribution is 2.20. The first-order valence-corrected chi connectivity index (χ1v) is 8.98. The number of carbonyl (C=O) groups excluding carboxylic acids is 1. The molecule has 1 aliphatic heterocycles. The Morgan fingerprint density at radius 3 is 2.48 bits per heavy atom. The largest absolute Gasteiger partial charge is 0.396 e. The van der Waals surface area contributed by atoms with Crippen molar-refractivity contribution in [2.75, 3.05) is 31.1 Å². The van der Waals surface area contributed by atoms with E-state index in [1.54, 1.807) is 0 Å². The van der Waals surface area contributed by atoms with Gasteiger partial charge in [-0.25, -0.2) is 0 Å². The van der Waals surface area contributed by atoms with Gasteiger partial charge in [0, 0.05) is 37.5 Å². The lowest BCUT2D eigenvalue weighted by atomic mass is 10.00. The van der Waals surface area contributed by atoms with Crippen LogP contribution in [0.15, 0.2) is 24.3 Å². The van der Waals surface area contributed by atoms with Crippen LogP contribution in [0.5, 0.6) is 0 Å². The Hall–Kier alpha value is -1.55. The van der Waals surface area contributed by atoms with Gasteiger partial charge >= 0.3 is 0 Å². The van der Waals surface area contributed by atoms with E-state index in [-0.39, 0.29) is 12.5 Å². The van der Waals surface area contributed by atoms with Gasteiger partial charge in [-0.15, -0.1) is 0 Å². The smallest absolute Gasteiger partial charge is 0.251 e. The van der Waals surface area contributed by atoms with Crippen LogP contribution in [0.3, 0.4) is 0 Å². The first-order valence-electron chi connectivity index (χ1n) is 8.98. The summed E-state index contributed by atoms with van der Waals surface area (Å²) in [6.07, 6.45) is 6.70. The number of carbonyl (C=O) groups is 1. The lowest BCUT2D eigenvalue weighted by Gasteiger charge is -2.28. The highest BCUT2D eigenvalue weighted by Gasteiger charge is 2.13. The molecule has 1 aliphatic rings. The molecule has 4 heteroatoms. The number of aliphatic hydroxyl groups excluding tert-OH is 1. The summed E-state index contributed by atoms with van der Waals surface area (Å²) in [7, 11) is 0. The molecule has 0 aliphatic carbocycles. The molecular weight excluding hydrogens is 288 g/mol. The summed E-state index contributed by atoms with van der Waals surface area (Å²) in [6.45, 7) is 5.19. The maximum Gasteiger partial charge on any atom is 0.251 e. The number of nitrogens with zero attached hydrogens (tertiary/aromatic N) is 1. The molecule has 1 unspecified atom stereocenters. The van der Waals surface area contributed by atoms with Gasteiger partial charge < -0.3 is 15.3 Å². The van der Waals surface area contributed by atoms with Gasteiger partial charge in [-0.1, -0.05) is 13.3 Å². The fourth-order valence-corrected chi connectivity index (χ4v) is 3.25. The molecule has 23 heavy (non-hydrogen) atoms. The number of benzene rings is 1. The second-order valence-corrected chi connectivity index (χ2v) is 6.47. The molecule has 1 aromatic rings. The SMILES string of the molecule is CCCC(CCO)CNC(=O)c1ccc(N2CCCCC2)cc1. The van der Waals surface area contributed by atoms with Crippen molar-refractivity contribution in [3.63, 3.8) is 0 Å². The minimum Gasteiger partial charge on any atom is -0.396 e. The van der Waals surface area contributed by atoms with E-state index in [0.717, 1.165) is 32.4 Å². The van der Waals surface area contributed by atoms with Crippen molar-refractivity contribution in [1.82, 2.24) is 5.32 Å². The third-order valence-electron chi connectivity index (χ3n) is 4.64. The van der Waals surface area contributed by atoms with E-state index in [4.69, 9.17) is 5.11 Å². The fourth-order valence-electron chi connectivity index (χ4n) is 3.25. The molecule has 1 aromatic carbocycles. The second-order valence-electron chi connectivity index (χ2n) is 6.47. The Kier molecular flexibility index (Phi) is 7.40. The maximum atomic E-state index is 12.3. The van der Waals surface area contributed by atoms with E-state index in [0.29, 0.717) is 18.0 Å². The van der Waals surface area contributed by atoms with Gasteiger partial charge in [-0.2, -0.15) is 0 Å². The molecule has 1 atom stereocenters. The molecule has 1 amide bonds. The van der Waals surface area contributed by atoms with Crippen molar-refractivity contribution in [3.8, 4) is 0 Å². The summed E-state index contributed by atoms with van der Waals surface area (Å²) in [6, 6.07) is 7.94. The van der Waals surface area contributed by atoms with Gasteiger partial charge in [0.15, 0.2) is 0 Å². The van der Waals surface area contributed by atoms with E-state index < -0.39 is 0 Å². The monoisotopic (exact) mass is 318 g/mol. The van der Waals surface area contributed by atoms with Crippen molar-refractivity contribution >= 4 is 11.6 Å². The van der Waals surface area contributed by atoms with Crippen molar-refractivity contribution < 1.29 is 9.90 Å². The van der Waals surface area contributed by atoms with Crippen LogP contribution in [0.2, 0.25) is 0 Å². The summed E-state index contributed by atoms with van der Waals surface area (Å²) in [5.74, 6) is 0.343. The van der Waals surface area contributed by atoms with Crippen LogP contribution in [-0.2, 0) is 0 Å². The summed E-state index contributed by atoms with van der Waals surface area (Å²) in [4.78, 5) is 14.7. The number of nitrogens with one attached hydrogen (secondary N) is 1. The van der Waals surface area contributed by atoms with Gasteiger partial charge in [-0.05, 0) is 62.3 Å². The number of piperidine rings is 1. The molecule has 128 valence electrons. The Labute approximate surface area is 139 Å². The maximum absolute atomic E-state index is 12.3. The molecule has 1 saturated heterocycles. The molecule has 1 fully saturated rings. The standard InChI is InChI=1S/C19H30N2O2/c1-2-6-16(11-14-22)15-20-19(23)17-7-9-18(10-8-17)21-12-4-3-5-13-21/h7-10,16,22H,2-6,11-15H2,1H3,(H,20,23). The van der Waals surface area contributed by atoms with Crippen LogP contribution in [0.25, 0.3) is 0 Å². The number of hydrogen-bond donors (Lipinski definition) is 2. The molecule has 0 spiro atoms. The number of amides is 1. The summed E-state index contributed by atoms with van der Waals surface area (Å²) in [5, 5.41) is 12.1. The van der Waals surface area contributed by atoms with E-state index in [1.165, 1.54) is 24.9 Å². The number of rotatable bonds is 8. The van der Waals surface area contributed by atoms with Crippen LogP contribution in [-0.4, -0.2) is 37.3 Å². The lowest BCUT2D eigenvalue weighted by Crippen LogP contribution is -2.30. The minimum absolute atomic E-state index is 0.0192. The van der Waals surface area contributed by atoms with Gasteiger partial charge in [0.25, 0.3) is 5.91 Å². The molecule has 4 nitrogen and oxygen atoms in total. The average molecular weight is 318 g/mol. The van der Waals surface area contributed by atoms with Gasteiger partial charge in [0.2, 0.25) is 0 Å². The normalized spacial score (nSPS) is 16.2. The lowest BCUT2D eigenvalue weighted by molar-refractivity contribution is 0.0943. The third kappa shape index (κ3) is 5.54. The molecule has 0 saturated carbocycles. The predicted molar refractivity (Wildman–Crippen MR) is 94.9 cm³/mol. The van der Waals surface area contributed by atoms with E-state index in [2.05, 4.69) is 29.3 Å². The minimum atomic E-state index is -0.0192. The van der Waals surface area contributed by atoms with E-state index >= 15 is 0 Å². The second kappa shape index (κ2) is 9.56. The Bertz CT molecular complexity index is 461. The third-order valence-corrected chi connectivity index (χ3v) is 4.64. The molecule has 2 rings (SSSR count). The fraction of sp³-hybridized carbons (Fsp3) is 0.632. The average Bonchev–Trinajstić information content (AvgIpc) is 2.61. The predicted octanol–water partition coefficient (Wildman–Crippen LogP) is 3.21. The summed E-state index contributed by atoms with van der Waals surface area (Å²) in [5.41, 5.74) is 1.93. The molecule has 1 heterocycles. The first kappa shape index (κ1) is 17.8. The zero-order valence-electron chi connectivity index (χ0n) is 14.3. The summed E-state index contributed by atoms with van der Waals surface area (Å²) >= 11 is 0. The van der Waals surface area contributed by atoms with Crippen LogP contribution in [0, 0.1) is 5.92 Å². The molecular formula is C19H30N2O2. The van der Waals surface area contributed by atoms with Crippen LogP contribution in [0.1, 0.15) is 55.8 Å². The van der Waals surface area contributed by atoms with Crippen molar-refractivity contribution in [2.45, 2.75) is 45.4 Å². The molecule has 0 radical (unpaired) electrons. The highest BCUT2D eigenvalue weighted by molar-refractivity contribution is 5.94. The van der Waals surface area contributed by atoms with Crippen LogP contribution < -0.4 is 10.2 Å². The highest BCUT2D eigenvalue weighted by atomic mass is 16.3. The Morgan fingerprint density at radius 1 is 1.17 bits per heavy atom. The van der Waals surface area contributed by atoms with Crippen LogP contribution in [0.4, 0.5) is 5.69 Å². The Balaban J connectivity index is 1.86. The quantitative estimate of drug-likeness (QED) is 0.774. The van der Waals surface area contributed by atoms with Gasteiger partial charge in [-0.3, -0.25) is 4.79 Å². The van der Waals surface area contributed by atoms with E-state index in [9.17, 15) is 4.79 Å². The number of hydrogen-bond acceptors (Lipinski definition) is 3. The molecule has 0 bridgehead atoms. The molecule has 0 aromatic heterocycles. The topological polar surface area (TPSA) is 52.6 Å².